The van der Waals surface area contributed by atoms with Gasteiger partial charge in [0.1, 0.15) is 5.75 Å². The largest absolute Gasteiger partial charge is 0.493 e. The number of aliphatic hydroxyl groups is 1. The van der Waals surface area contributed by atoms with Gasteiger partial charge in [-0.2, -0.15) is 0 Å². The first-order valence-corrected chi connectivity index (χ1v) is 11.6. The van der Waals surface area contributed by atoms with Crippen LogP contribution in [0.1, 0.15) is 80.4 Å². The first-order valence-electron chi connectivity index (χ1n) is 11.6. The number of nitrogens with one attached hydrogen (secondary N) is 1. The molecule has 1 aliphatic carbocycles. The van der Waals surface area contributed by atoms with E-state index < -0.39 is 5.60 Å². The molecule has 1 aliphatic heterocycles. The lowest BCUT2D eigenvalue weighted by molar-refractivity contribution is -0.0543. The molecule has 0 radical (unpaired) electrons. The smallest absolute Gasteiger partial charge is 0.255 e. The minimum absolute atomic E-state index is 0.000743. The molecule has 1 aromatic heterocycles. The summed E-state index contributed by atoms with van der Waals surface area (Å²) < 4.78 is 6.19. The van der Waals surface area contributed by atoms with Gasteiger partial charge in [-0.05, 0) is 75.6 Å². The van der Waals surface area contributed by atoms with Crippen molar-refractivity contribution in [3.63, 3.8) is 0 Å². The Balaban J connectivity index is 1.63. The van der Waals surface area contributed by atoms with Crippen LogP contribution in [0.15, 0.2) is 36.5 Å². The van der Waals surface area contributed by atoms with Crippen LogP contribution in [0.25, 0.3) is 0 Å². The van der Waals surface area contributed by atoms with Gasteiger partial charge in [0.2, 0.25) is 0 Å². The molecule has 2 aromatic rings. The SMILES string of the molecule is CCCC1(O)CCC2(CC)c3ccc(C(=O)Nc4cccnc4C)cc3OCCC2C1. The van der Waals surface area contributed by atoms with Gasteiger partial charge in [-0.3, -0.25) is 9.78 Å². The van der Waals surface area contributed by atoms with Crippen LogP contribution >= 0.6 is 0 Å². The predicted molar refractivity (Wildman–Crippen MR) is 123 cm³/mol. The molecule has 2 heterocycles. The van der Waals surface area contributed by atoms with Gasteiger partial charge in [0, 0.05) is 22.7 Å². The maximum atomic E-state index is 12.9. The van der Waals surface area contributed by atoms with Crippen LogP contribution in [0.3, 0.4) is 0 Å². The highest BCUT2D eigenvalue weighted by Crippen LogP contribution is 2.55. The molecule has 0 bridgehead atoms. The van der Waals surface area contributed by atoms with Gasteiger partial charge in [-0.1, -0.05) is 26.3 Å². The molecule has 4 rings (SSSR count). The van der Waals surface area contributed by atoms with Gasteiger partial charge in [-0.15, -0.1) is 0 Å². The number of aryl methyl sites for hydroxylation is 1. The Labute approximate surface area is 185 Å². The molecule has 1 amide bonds. The summed E-state index contributed by atoms with van der Waals surface area (Å²) >= 11 is 0. The molecule has 5 nitrogen and oxygen atoms in total. The molecular formula is C26H34N2O3. The first-order chi connectivity index (χ1) is 14.9. The van der Waals surface area contributed by atoms with Crippen LogP contribution in [0.4, 0.5) is 5.69 Å². The van der Waals surface area contributed by atoms with Crippen LogP contribution in [-0.4, -0.2) is 28.2 Å². The summed E-state index contributed by atoms with van der Waals surface area (Å²) in [6.07, 6.45) is 8.15. The molecule has 3 atom stereocenters. The average Bonchev–Trinajstić information content (AvgIpc) is 2.91. The molecule has 0 saturated heterocycles. The number of pyridine rings is 1. The maximum absolute atomic E-state index is 12.9. The number of benzene rings is 1. The van der Waals surface area contributed by atoms with E-state index in [0.717, 1.165) is 62.1 Å². The molecule has 2 N–H and O–H groups in total. The number of fused-ring (bicyclic) bond motifs is 3. The second-order valence-electron chi connectivity index (χ2n) is 9.32. The minimum atomic E-state index is -0.552. The third-order valence-electron chi connectivity index (χ3n) is 7.55. The summed E-state index contributed by atoms with van der Waals surface area (Å²) in [5, 5.41) is 14.1. The van der Waals surface area contributed by atoms with Gasteiger partial charge >= 0.3 is 0 Å². The number of rotatable bonds is 5. The highest BCUT2D eigenvalue weighted by Gasteiger charge is 2.50. The normalized spacial score (nSPS) is 27.4. The molecule has 1 aromatic carbocycles. The van der Waals surface area contributed by atoms with E-state index in [2.05, 4.69) is 30.2 Å². The number of anilines is 1. The Morgan fingerprint density at radius 1 is 1.29 bits per heavy atom. The molecule has 5 heteroatoms. The number of ether oxygens (including phenoxy) is 1. The number of carbonyl (C=O) groups is 1. The lowest BCUT2D eigenvalue weighted by Crippen LogP contribution is -2.47. The minimum Gasteiger partial charge on any atom is -0.493 e. The van der Waals surface area contributed by atoms with E-state index in [9.17, 15) is 9.90 Å². The highest BCUT2D eigenvalue weighted by atomic mass is 16.5. The topological polar surface area (TPSA) is 71.5 Å². The number of nitrogens with zero attached hydrogens (tertiary/aromatic N) is 1. The second kappa shape index (κ2) is 8.62. The maximum Gasteiger partial charge on any atom is 0.255 e. The Kier molecular flexibility index (Phi) is 6.07. The number of amides is 1. The summed E-state index contributed by atoms with van der Waals surface area (Å²) in [6.45, 7) is 6.89. The van der Waals surface area contributed by atoms with Crippen molar-refractivity contribution in [2.75, 3.05) is 11.9 Å². The molecule has 2 aliphatic rings. The van der Waals surface area contributed by atoms with Crippen molar-refractivity contribution in [2.24, 2.45) is 5.92 Å². The summed E-state index contributed by atoms with van der Waals surface area (Å²) in [5.41, 5.74) is 2.74. The van der Waals surface area contributed by atoms with Gasteiger partial charge in [0.15, 0.2) is 0 Å². The fourth-order valence-corrected chi connectivity index (χ4v) is 5.81. The lowest BCUT2D eigenvalue weighted by atomic mass is 9.56. The third-order valence-corrected chi connectivity index (χ3v) is 7.55. The van der Waals surface area contributed by atoms with E-state index in [4.69, 9.17) is 4.74 Å². The molecular weight excluding hydrogens is 388 g/mol. The average molecular weight is 423 g/mol. The van der Waals surface area contributed by atoms with Crippen LogP contribution < -0.4 is 10.1 Å². The van der Waals surface area contributed by atoms with Crippen molar-refractivity contribution in [3.05, 3.63) is 53.3 Å². The van der Waals surface area contributed by atoms with Crippen LogP contribution in [0, 0.1) is 12.8 Å². The van der Waals surface area contributed by atoms with E-state index >= 15 is 0 Å². The highest BCUT2D eigenvalue weighted by molar-refractivity contribution is 6.04. The number of hydrogen-bond acceptors (Lipinski definition) is 4. The van der Waals surface area contributed by atoms with Crippen LogP contribution in [-0.2, 0) is 5.41 Å². The van der Waals surface area contributed by atoms with Gasteiger partial charge in [0.25, 0.3) is 5.91 Å². The predicted octanol–water partition coefficient (Wildman–Crippen LogP) is 5.40. The zero-order chi connectivity index (χ0) is 22.1. The first kappa shape index (κ1) is 21.8. The fourth-order valence-electron chi connectivity index (χ4n) is 5.81. The fraction of sp³-hybridized carbons (Fsp3) is 0.538. The summed E-state index contributed by atoms with van der Waals surface area (Å²) in [7, 11) is 0. The van der Waals surface area contributed by atoms with Gasteiger partial charge in [0.05, 0.1) is 23.6 Å². The van der Waals surface area contributed by atoms with E-state index in [1.165, 1.54) is 5.56 Å². The van der Waals surface area contributed by atoms with Crippen molar-refractivity contribution in [1.29, 1.82) is 0 Å². The standard InChI is InChI=1S/C26H34N2O3/c1-4-11-25(30)12-13-26(5-2)20(17-25)10-15-31-23-16-19(8-9-21(23)26)24(29)28-22-7-6-14-27-18(22)3/h6-9,14,16,20,30H,4-5,10-13,15,17H2,1-3H3,(H,28,29). The van der Waals surface area contributed by atoms with Crippen molar-refractivity contribution in [3.8, 4) is 5.75 Å². The molecule has 0 spiro atoms. The number of hydrogen-bond donors (Lipinski definition) is 2. The monoisotopic (exact) mass is 422 g/mol. The Hall–Kier alpha value is -2.40. The van der Waals surface area contributed by atoms with E-state index in [1.807, 2.05) is 31.2 Å². The second-order valence-corrected chi connectivity index (χ2v) is 9.32. The zero-order valence-electron chi connectivity index (χ0n) is 18.9. The Bertz CT molecular complexity index is 959. The third kappa shape index (κ3) is 4.08. The molecule has 3 unspecified atom stereocenters. The molecule has 166 valence electrons. The van der Waals surface area contributed by atoms with Crippen LogP contribution in [0.5, 0.6) is 5.75 Å². The van der Waals surface area contributed by atoms with Crippen molar-refractivity contribution in [1.82, 2.24) is 4.98 Å². The summed E-state index contributed by atoms with van der Waals surface area (Å²) in [5.74, 6) is 1.05. The zero-order valence-corrected chi connectivity index (χ0v) is 18.9. The van der Waals surface area contributed by atoms with Crippen molar-refractivity contribution >= 4 is 11.6 Å². The summed E-state index contributed by atoms with van der Waals surface area (Å²) in [6, 6.07) is 9.57. The number of carbonyl (C=O) groups excluding carboxylic acids is 1. The number of aromatic nitrogens is 1. The van der Waals surface area contributed by atoms with E-state index in [0.29, 0.717) is 18.1 Å². The molecule has 1 saturated carbocycles. The van der Waals surface area contributed by atoms with Crippen molar-refractivity contribution < 1.29 is 14.6 Å². The van der Waals surface area contributed by atoms with Gasteiger partial charge in [-0.25, -0.2) is 0 Å². The molecule has 1 fully saturated rings. The Morgan fingerprint density at radius 2 is 2.13 bits per heavy atom. The summed E-state index contributed by atoms with van der Waals surface area (Å²) in [4.78, 5) is 17.1. The van der Waals surface area contributed by atoms with Gasteiger partial charge < -0.3 is 15.2 Å². The Morgan fingerprint density at radius 3 is 2.87 bits per heavy atom. The molecule has 31 heavy (non-hydrogen) atoms. The van der Waals surface area contributed by atoms with E-state index in [1.54, 1.807) is 6.20 Å². The van der Waals surface area contributed by atoms with E-state index in [-0.39, 0.29) is 11.3 Å². The quantitative estimate of drug-likeness (QED) is 0.676. The van der Waals surface area contributed by atoms with Crippen LogP contribution in [0.2, 0.25) is 0 Å². The van der Waals surface area contributed by atoms with Crippen molar-refractivity contribution in [2.45, 2.75) is 76.7 Å². The lowest BCUT2D eigenvalue weighted by Gasteiger charge is -2.49.